The standard InChI is InChI=1S/C34H34Cl2FN3O4S/c1-3-19-38-34(42)32(20-25-9-5-4-6-10-25)39(22-26-11-7-8-12-31(26)37)33(41)23-40(27-15-18-29(35)30(36)21-27)45(43,44)28-16-13-24(2)14-17-28/h4-18,21,32H,3,19-20,22-23H2,1-2H3,(H,38,42). The van der Waals surface area contributed by atoms with Gasteiger partial charge in [0, 0.05) is 25.1 Å². The third kappa shape index (κ3) is 8.63. The van der Waals surface area contributed by atoms with Crippen molar-refractivity contribution in [2.24, 2.45) is 0 Å². The first-order chi connectivity index (χ1) is 21.5. The van der Waals surface area contributed by atoms with Crippen LogP contribution in [0.4, 0.5) is 10.1 Å². The normalized spacial score (nSPS) is 11.9. The molecule has 1 unspecified atom stereocenters. The van der Waals surface area contributed by atoms with Crippen LogP contribution in [0.25, 0.3) is 0 Å². The lowest BCUT2D eigenvalue weighted by atomic mass is 10.0. The van der Waals surface area contributed by atoms with Crippen molar-refractivity contribution in [3.05, 3.63) is 130 Å². The van der Waals surface area contributed by atoms with Crippen LogP contribution < -0.4 is 9.62 Å². The topological polar surface area (TPSA) is 86.8 Å². The second kappa shape index (κ2) is 15.4. The second-order valence-corrected chi connectivity index (χ2v) is 13.2. The highest BCUT2D eigenvalue weighted by Gasteiger charge is 2.35. The molecule has 4 rings (SSSR count). The molecule has 0 radical (unpaired) electrons. The Hall–Kier alpha value is -3.92. The summed E-state index contributed by atoms with van der Waals surface area (Å²) in [6.07, 6.45) is 0.777. The maximum atomic E-state index is 15.0. The van der Waals surface area contributed by atoms with Gasteiger partial charge in [-0.2, -0.15) is 0 Å². The highest BCUT2D eigenvalue weighted by molar-refractivity contribution is 7.92. The highest BCUT2D eigenvalue weighted by Crippen LogP contribution is 2.31. The molecule has 11 heteroatoms. The number of amides is 2. The van der Waals surface area contributed by atoms with Crippen LogP contribution in [0.15, 0.2) is 102 Å². The monoisotopic (exact) mass is 669 g/mol. The predicted octanol–water partition coefficient (Wildman–Crippen LogP) is 6.80. The van der Waals surface area contributed by atoms with Crippen molar-refractivity contribution in [3.63, 3.8) is 0 Å². The van der Waals surface area contributed by atoms with E-state index in [0.717, 1.165) is 15.4 Å². The van der Waals surface area contributed by atoms with Crippen LogP contribution in [0.1, 0.15) is 30.0 Å². The molecule has 0 aliphatic rings. The summed E-state index contributed by atoms with van der Waals surface area (Å²) in [6, 6.07) is 24.5. The summed E-state index contributed by atoms with van der Waals surface area (Å²) in [5.41, 5.74) is 1.90. The number of carbonyl (C=O) groups excluding carboxylic acids is 2. The van der Waals surface area contributed by atoms with Gasteiger partial charge in [-0.3, -0.25) is 13.9 Å². The predicted molar refractivity (Wildman–Crippen MR) is 176 cm³/mol. The summed E-state index contributed by atoms with van der Waals surface area (Å²) in [4.78, 5) is 29.2. The molecule has 0 aromatic heterocycles. The van der Waals surface area contributed by atoms with E-state index in [4.69, 9.17) is 23.2 Å². The Kier molecular flexibility index (Phi) is 11.6. The summed E-state index contributed by atoms with van der Waals surface area (Å²) < 4.78 is 44.1. The summed E-state index contributed by atoms with van der Waals surface area (Å²) in [5.74, 6) is -1.71. The fourth-order valence-corrected chi connectivity index (χ4v) is 6.43. The van der Waals surface area contributed by atoms with E-state index in [2.05, 4.69) is 5.32 Å². The number of hydrogen-bond donors (Lipinski definition) is 1. The van der Waals surface area contributed by atoms with E-state index in [1.165, 1.54) is 53.4 Å². The maximum absolute atomic E-state index is 15.0. The molecule has 0 aliphatic heterocycles. The molecule has 7 nitrogen and oxygen atoms in total. The zero-order valence-electron chi connectivity index (χ0n) is 24.9. The quantitative estimate of drug-likeness (QED) is 0.170. The number of nitrogens with one attached hydrogen (secondary N) is 1. The maximum Gasteiger partial charge on any atom is 0.264 e. The minimum Gasteiger partial charge on any atom is -0.354 e. The molecule has 4 aromatic rings. The molecule has 45 heavy (non-hydrogen) atoms. The summed E-state index contributed by atoms with van der Waals surface area (Å²) in [5, 5.41) is 3.16. The van der Waals surface area contributed by atoms with Crippen LogP contribution in [0.5, 0.6) is 0 Å². The molecule has 0 bridgehead atoms. The molecule has 1 N–H and O–H groups in total. The van der Waals surface area contributed by atoms with Gasteiger partial charge in [0.15, 0.2) is 0 Å². The lowest BCUT2D eigenvalue weighted by Gasteiger charge is -2.34. The van der Waals surface area contributed by atoms with Gasteiger partial charge < -0.3 is 10.2 Å². The van der Waals surface area contributed by atoms with Crippen molar-refractivity contribution in [2.45, 2.75) is 44.2 Å². The van der Waals surface area contributed by atoms with Gasteiger partial charge in [0.05, 0.1) is 20.6 Å². The first-order valence-electron chi connectivity index (χ1n) is 14.4. The number of anilines is 1. The van der Waals surface area contributed by atoms with Crippen LogP contribution in [0, 0.1) is 12.7 Å². The van der Waals surface area contributed by atoms with E-state index < -0.39 is 40.2 Å². The van der Waals surface area contributed by atoms with E-state index in [-0.39, 0.29) is 39.2 Å². The van der Waals surface area contributed by atoms with Crippen molar-refractivity contribution in [1.29, 1.82) is 0 Å². The lowest BCUT2D eigenvalue weighted by molar-refractivity contribution is -0.140. The lowest BCUT2D eigenvalue weighted by Crippen LogP contribution is -2.53. The van der Waals surface area contributed by atoms with E-state index in [0.29, 0.717) is 13.0 Å². The zero-order valence-corrected chi connectivity index (χ0v) is 27.2. The van der Waals surface area contributed by atoms with Gasteiger partial charge >= 0.3 is 0 Å². The molecule has 236 valence electrons. The van der Waals surface area contributed by atoms with E-state index >= 15 is 0 Å². The molecular weight excluding hydrogens is 636 g/mol. The molecule has 0 spiro atoms. The first-order valence-corrected chi connectivity index (χ1v) is 16.6. The molecule has 0 saturated carbocycles. The van der Waals surface area contributed by atoms with Crippen molar-refractivity contribution in [1.82, 2.24) is 10.2 Å². The Morgan fingerprint density at radius 3 is 2.20 bits per heavy atom. The molecule has 0 aliphatic carbocycles. The third-order valence-electron chi connectivity index (χ3n) is 7.20. The summed E-state index contributed by atoms with van der Waals surface area (Å²) >= 11 is 12.4. The van der Waals surface area contributed by atoms with Crippen molar-refractivity contribution >= 4 is 50.7 Å². The Morgan fingerprint density at radius 1 is 0.889 bits per heavy atom. The van der Waals surface area contributed by atoms with Crippen LogP contribution in [-0.2, 0) is 32.6 Å². The van der Waals surface area contributed by atoms with E-state index in [1.807, 2.05) is 44.2 Å². The molecule has 2 amide bonds. The minimum atomic E-state index is -4.32. The SMILES string of the molecule is CCCNC(=O)C(Cc1ccccc1)N(Cc1ccccc1F)C(=O)CN(c1ccc(Cl)c(Cl)c1)S(=O)(=O)c1ccc(C)cc1. The molecule has 4 aromatic carbocycles. The first kappa shape index (κ1) is 34.0. The van der Waals surface area contributed by atoms with Gasteiger partial charge in [0.25, 0.3) is 10.0 Å². The minimum absolute atomic E-state index is 0.0471. The van der Waals surface area contributed by atoms with Crippen LogP contribution in [0.3, 0.4) is 0 Å². The fraction of sp³-hybridized carbons (Fsp3) is 0.235. The van der Waals surface area contributed by atoms with Gasteiger partial charge in [0.2, 0.25) is 11.8 Å². The van der Waals surface area contributed by atoms with Crippen LogP contribution in [0.2, 0.25) is 10.0 Å². The number of sulfonamides is 1. The molecule has 0 fully saturated rings. The van der Waals surface area contributed by atoms with Gasteiger partial charge in [-0.05, 0) is 55.3 Å². The molecule has 0 saturated heterocycles. The number of hydrogen-bond acceptors (Lipinski definition) is 4. The van der Waals surface area contributed by atoms with Gasteiger partial charge in [-0.25, -0.2) is 12.8 Å². The van der Waals surface area contributed by atoms with Crippen LogP contribution >= 0.6 is 23.2 Å². The zero-order chi connectivity index (χ0) is 32.6. The molecular formula is C34H34Cl2FN3O4S. The number of aryl methyl sites for hydroxylation is 1. The Morgan fingerprint density at radius 2 is 1.56 bits per heavy atom. The number of halogens is 3. The average molecular weight is 671 g/mol. The Labute approximate surface area is 273 Å². The largest absolute Gasteiger partial charge is 0.354 e. The number of benzene rings is 4. The highest BCUT2D eigenvalue weighted by atomic mass is 35.5. The summed E-state index contributed by atoms with van der Waals surface area (Å²) in [6.45, 7) is 3.12. The van der Waals surface area contributed by atoms with Gasteiger partial charge in [0.1, 0.15) is 18.4 Å². The summed E-state index contributed by atoms with van der Waals surface area (Å²) in [7, 11) is -4.32. The number of carbonyl (C=O) groups is 2. The van der Waals surface area contributed by atoms with Crippen molar-refractivity contribution < 1.29 is 22.4 Å². The van der Waals surface area contributed by atoms with Crippen LogP contribution in [-0.4, -0.2) is 44.3 Å². The average Bonchev–Trinajstić information content (AvgIpc) is 3.03. The molecule has 1 atom stereocenters. The van der Waals surface area contributed by atoms with E-state index in [9.17, 15) is 22.4 Å². The van der Waals surface area contributed by atoms with E-state index in [1.54, 1.807) is 18.2 Å². The van der Waals surface area contributed by atoms with Gasteiger partial charge in [-0.1, -0.05) is 96.4 Å². The number of rotatable bonds is 13. The van der Waals surface area contributed by atoms with Crippen molar-refractivity contribution in [3.8, 4) is 0 Å². The molecule has 0 heterocycles. The Bertz CT molecular complexity index is 1740. The second-order valence-electron chi connectivity index (χ2n) is 10.5. The van der Waals surface area contributed by atoms with Crippen molar-refractivity contribution in [2.75, 3.05) is 17.4 Å². The smallest absolute Gasteiger partial charge is 0.264 e. The van der Waals surface area contributed by atoms with Gasteiger partial charge in [-0.15, -0.1) is 0 Å². The third-order valence-corrected chi connectivity index (χ3v) is 9.72. The fourth-order valence-electron chi connectivity index (χ4n) is 4.74. The number of nitrogens with zero attached hydrogens (tertiary/aromatic N) is 2. The Balaban J connectivity index is 1.82.